The van der Waals surface area contributed by atoms with Crippen molar-refractivity contribution in [3.63, 3.8) is 0 Å². The van der Waals surface area contributed by atoms with Crippen LogP contribution in [0.5, 0.6) is 0 Å². The zero-order valence-corrected chi connectivity index (χ0v) is 42.9. The molecule has 0 saturated carbocycles. The Balaban J connectivity index is -0.000000172. The maximum atomic E-state index is 10.8. The molecule has 0 atom stereocenters. The van der Waals surface area contributed by atoms with Crippen molar-refractivity contribution >= 4 is 59.7 Å². The number of rotatable bonds is 32. The van der Waals surface area contributed by atoms with Gasteiger partial charge in [0, 0.05) is 118 Å². The molecule has 0 amide bonds. The standard InChI is InChI=1S/2C14H23N3O10.5Fe.10H3N/c2*18-10(19)5-15(1-3-16(6-11(20)21)7-12(22)23)2-4-17(8-13(24)25)9-14(26)27;;;;;;;;;;;;;;;/h2*1-9H2,(H,18,19)(H,20,21)(H,22,23)(H,24,25)(H,26,27);;;;;;10*1H3/q;;5*+2;;;;;;;;;;/p-10. The van der Waals surface area contributed by atoms with Gasteiger partial charge in [0.2, 0.25) is 0 Å². The van der Waals surface area contributed by atoms with Gasteiger partial charge in [-0.1, -0.05) is 0 Å². The van der Waals surface area contributed by atoms with E-state index in [4.69, 9.17) is 0 Å². The summed E-state index contributed by atoms with van der Waals surface area (Å²) < 4.78 is 33.8. The van der Waals surface area contributed by atoms with Crippen molar-refractivity contribution in [3.05, 3.63) is 0 Å². The van der Waals surface area contributed by atoms with Crippen LogP contribution in [0, 0.1) is 0 Å². The van der Waals surface area contributed by atoms with E-state index < -0.39 is 125 Å². The summed E-state index contributed by atoms with van der Waals surface area (Å²) in [5.41, 5.74) is 0. The number of hydrogen-bond acceptors (Lipinski definition) is 26. The van der Waals surface area contributed by atoms with E-state index >= 15 is 0 Å². The first-order chi connectivity index (χ1) is 32.0. The summed E-state index contributed by atoms with van der Waals surface area (Å²) in [6.07, 6.45) is 0. The van der Waals surface area contributed by atoms with Gasteiger partial charge in [-0.15, -0.1) is 0 Å². The summed E-state index contributed by atoms with van der Waals surface area (Å²) in [4.78, 5) is 113. The molecule has 0 heterocycles. The molecule has 0 rings (SSSR count). The van der Waals surface area contributed by atoms with Gasteiger partial charge in [-0.05, 0) is 0 Å². The van der Waals surface area contributed by atoms with E-state index in [0.29, 0.717) is 0 Å². The van der Waals surface area contributed by atoms with E-state index in [1.54, 1.807) is 0 Å². The van der Waals surface area contributed by atoms with Gasteiger partial charge in [0.15, 0.2) is 0 Å². The van der Waals surface area contributed by atoms with Gasteiger partial charge < -0.3 is 99.0 Å². The molecule has 0 spiro atoms. The van der Waals surface area contributed by atoms with Crippen LogP contribution in [0.25, 0.3) is 0 Å². The van der Waals surface area contributed by atoms with Gasteiger partial charge >= 0.3 is 124 Å². The molecule has 0 fully saturated rings. The minimum absolute atomic E-state index is 0.126. The van der Waals surface area contributed by atoms with E-state index in [0.717, 1.165) is 96.6 Å². The van der Waals surface area contributed by atoms with Crippen LogP contribution in [0.3, 0.4) is 0 Å². The van der Waals surface area contributed by atoms with E-state index in [9.17, 15) is 99.0 Å². The van der Waals surface area contributed by atoms with Gasteiger partial charge in [-0.2, -0.15) is 0 Å². The van der Waals surface area contributed by atoms with Crippen molar-refractivity contribution in [2.24, 2.45) is 0 Å². The van der Waals surface area contributed by atoms with Crippen molar-refractivity contribution in [3.8, 4) is 0 Å². The van der Waals surface area contributed by atoms with Crippen LogP contribution in [0.2, 0.25) is 0 Å². The van der Waals surface area contributed by atoms with E-state index in [1.807, 2.05) is 0 Å². The molecule has 0 saturated heterocycles. The molecule has 36 nitrogen and oxygen atoms in total. The normalized spacial score (nSPS) is 10.3. The molecule has 0 aromatic carbocycles. The van der Waals surface area contributed by atoms with Gasteiger partial charge in [-0.25, -0.2) is 0 Å². The molecule has 0 aromatic heterocycles. The number of carboxylic acids is 10. The topological polar surface area (TPSA) is 697 Å². The Kier molecular flexibility index (Phi) is 66.2. The molecular weight excluding hydrogens is 1160 g/mol. The molecule has 0 bridgehead atoms. The molecule has 418 valence electrons. The summed E-state index contributed by atoms with van der Waals surface area (Å²) >= 11 is 3.75. The Hall–Kier alpha value is -3.34. The second kappa shape index (κ2) is 57.2. The fourth-order valence-corrected chi connectivity index (χ4v) is 4.35. The van der Waals surface area contributed by atoms with Crippen LogP contribution in [-0.4, -0.2) is 207 Å². The zero-order valence-electron chi connectivity index (χ0n) is 37.4. The van der Waals surface area contributed by atoms with Crippen molar-refractivity contribution in [1.29, 1.82) is 0 Å². The third kappa shape index (κ3) is 79.1. The van der Waals surface area contributed by atoms with Gasteiger partial charge in [-0.3, -0.25) is 29.4 Å². The number of nitrogens with zero attached hydrogens (tertiary/aromatic N) is 6. The molecule has 0 aliphatic carbocycles. The molecule has 0 aromatic rings. The zero-order chi connectivity index (χ0) is 55.5. The molecule has 0 unspecified atom stereocenters. The van der Waals surface area contributed by atoms with Gasteiger partial charge in [0.25, 0.3) is 0 Å². The predicted molar refractivity (Wildman–Crippen MR) is 178 cm³/mol. The van der Waals surface area contributed by atoms with E-state index in [1.165, 1.54) is 9.80 Å². The maximum absolute atomic E-state index is 10.8. The first kappa shape index (κ1) is 79.8. The molecule has 0 radical (unpaired) electrons. The third-order valence-corrected chi connectivity index (χ3v) is 6.46. The van der Waals surface area contributed by atoms with Crippen molar-refractivity contribution < 1.29 is 223 Å². The Labute approximate surface area is 428 Å². The molecule has 41 heteroatoms. The average Bonchev–Trinajstić information content (AvgIpc) is 3.16. The molecule has 69 heavy (non-hydrogen) atoms. The second-order valence-corrected chi connectivity index (χ2v) is 14.8. The van der Waals surface area contributed by atoms with Crippen LogP contribution >= 0.6 is 0 Å². The number of aliphatic carboxylic acids is 10. The van der Waals surface area contributed by atoms with Crippen LogP contribution in [0.15, 0.2) is 0 Å². The molecule has 30 N–H and O–H groups in total. The van der Waals surface area contributed by atoms with Crippen LogP contribution in [0.1, 0.15) is 0 Å². The first-order valence-corrected chi connectivity index (χ1v) is 25.6. The molecule has 0 aliphatic heterocycles. The Morgan fingerprint density at radius 2 is 0.290 bits per heavy atom. The second-order valence-electron chi connectivity index (χ2n) is 12.0. The molecular formula is C28H66Fe5N16O20. The summed E-state index contributed by atoms with van der Waals surface area (Å²) in [7, 11) is 0. The summed E-state index contributed by atoms with van der Waals surface area (Å²) in [6.45, 7) is -8.32. The van der Waals surface area contributed by atoms with Crippen molar-refractivity contribution in [2.45, 2.75) is 0 Å². The Morgan fingerprint density at radius 1 is 0.217 bits per heavy atom. The van der Waals surface area contributed by atoms with E-state index in [-0.39, 0.29) is 52.4 Å². The quantitative estimate of drug-likeness (QED) is 0.0280. The SMILES string of the molecule is O=C([O-])CN(CCN(CC(=O)[O-])CC(=O)[O-])CCN(CC(=O)[O-])CC(=O)[O-].O=C([O-])CN(CCN(CC(=O)[O-])CC(=O)[O-])CCN(CC(=O)[O-])CC(=O)[O-].[NH3+][Fe][NH3+].[NH3+][Fe][NH3+].[NH3+][Fe][NH3+].[NH3+][Fe][NH3+].[NH3+][Fe][NH3+]. The molecule has 0 aliphatic rings. The summed E-state index contributed by atoms with van der Waals surface area (Å²) in [5.74, 6) is -15.3. The summed E-state index contributed by atoms with van der Waals surface area (Å²) in [6, 6.07) is 0. The third-order valence-electron chi connectivity index (χ3n) is 6.46. The first-order valence-electron chi connectivity index (χ1n) is 17.8. The van der Waals surface area contributed by atoms with Crippen LogP contribution < -0.4 is 98.6 Å². The van der Waals surface area contributed by atoms with Crippen molar-refractivity contribution in [2.75, 3.05) is 118 Å². The number of carbonyl (C=O) groups excluding carboxylic acids is 10. The number of carbonyl (C=O) groups is 10. The van der Waals surface area contributed by atoms with Crippen LogP contribution in [-0.2, 0) is 125 Å². The average molecular weight is 1230 g/mol. The number of carboxylic acid groups (broad SMARTS) is 10. The fourth-order valence-electron chi connectivity index (χ4n) is 4.35. The van der Waals surface area contributed by atoms with Gasteiger partial charge in [0.05, 0.1) is 59.7 Å². The van der Waals surface area contributed by atoms with Gasteiger partial charge in [0.1, 0.15) is 0 Å². The fraction of sp³-hybridized carbons (Fsp3) is 0.643. The number of hydrogen-bond donors (Lipinski definition) is 10. The summed E-state index contributed by atoms with van der Waals surface area (Å²) in [5, 5.41) is 107. The number of quaternary nitrogens is 10. The van der Waals surface area contributed by atoms with Crippen molar-refractivity contribution in [1.82, 2.24) is 29.4 Å². The predicted octanol–water partition coefficient (Wildman–Crippen LogP) is -31.8. The minimum atomic E-state index is -1.54. The van der Waals surface area contributed by atoms with Crippen LogP contribution in [0.4, 0.5) is 0 Å². The Bertz CT molecular complexity index is 1180. The monoisotopic (exact) mass is 1230 g/mol. The Morgan fingerprint density at radius 3 is 0.377 bits per heavy atom. The van der Waals surface area contributed by atoms with E-state index in [2.05, 4.69) is 47.5 Å².